The molecule has 0 amide bonds. The molecule has 1 unspecified atom stereocenters. The highest BCUT2D eigenvalue weighted by Crippen LogP contribution is 2.17. The molecule has 5 heteroatoms. The quantitative estimate of drug-likeness (QED) is 0.327. The second-order valence-electron chi connectivity index (χ2n) is 5.45. The Labute approximate surface area is 150 Å². The summed E-state index contributed by atoms with van der Waals surface area (Å²) >= 11 is 7.80. The molecule has 0 saturated heterocycles. The van der Waals surface area contributed by atoms with Crippen LogP contribution in [0.2, 0.25) is 5.02 Å². The second kappa shape index (κ2) is 14.0. The van der Waals surface area contributed by atoms with Gasteiger partial charge in [0.05, 0.1) is 0 Å². The maximum absolute atomic E-state index is 5.87. The summed E-state index contributed by atoms with van der Waals surface area (Å²) in [6.07, 6.45) is 6.62. The van der Waals surface area contributed by atoms with Gasteiger partial charge in [-0.3, -0.25) is 0 Å². The maximum Gasteiger partial charge on any atom is 0.146 e. The highest BCUT2D eigenvalue weighted by Gasteiger charge is 2.10. The normalized spacial score (nSPS) is 12.3. The van der Waals surface area contributed by atoms with Crippen molar-refractivity contribution in [1.82, 2.24) is 0 Å². The lowest BCUT2D eigenvalue weighted by Gasteiger charge is -2.18. The van der Waals surface area contributed by atoms with E-state index in [1.165, 1.54) is 37.9 Å². The lowest BCUT2D eigenvalue weighted by atomic mass is 10.2. The molecule has 0 aliphatic carbocycles. The second-order valence-corrected chi connectivity index (χ2v) is 7.04. The lowest BCUT2D eigenvalue weighted by molar-refractivity contribution is -0.0749. The fourth-order valence-corrected chi connectivity index (χ4v) is 3.21. The van der Waals surface area contributed by atoms with Gasteiger partial charge in [0, 0.05) is 17.9 Å². The van der Waals surface area contributed by atoms with E-state index in [9.17, 15) is 0 Å². The van der Waals surface area contributed by atoms with Crippen molar-refractivity contribution in [3.8, 4) is 5.75 Å². The number of hydrogen-bond donors (Lipinski definition) is 0. The fraction of sp³-hybridized carbons (Fsp3) is 0.667. The number of methoxy groups -OCH3 is 1. The Morgan fingerprint density at radius 1 is 1.09 bits per heavy atom. The molecule has 23 heavy (non-hydrogen) atoms. The van der Waals surface area contributed by atoms with Gasteiger partial charge in [0.1, 0.15) is 25.3 Å². The van der Waals surface area contributed by atoms with E-state index in [4.69, 9.17) is 25.8 Å². The van der Waals surface area contributed by atoms with Crippen LogP contribution in [0.1, 0.15) is 39.0 Å². The van der Waals surface area contributed by atoms with E-state index in [0.29, 0.717) is 18.4 Å². The first-order valence-corrected chi connectivity index (χ1v) is 9.86. The number of rotatable bonds is 14. The summed E-state index contributed by atoms with van der Waals surface area (Å²) in [6.45, 7) is 3.06. The van der Waals surface area contributed by atoms with E-state index in [1.54, 1.807) is 7.11 Å². The van der Waals surface area contributed by atoms with E-state index in [0.717, 1.165) is 11.5 Å². The van der Waals surface area contributed by atoms with E-state index >= 15 is 0 Å². The van der Waals surface area contributed by atoms with Gasteiger partial charge in [0.15, 0.2) is 0 Å². The van der Waals surface area contributed by atoms with Crippen LogP contribution >= 0.6 is 23.4 Å². The molecular formula is C18H29ClO3S. The Kier molecular flexibility index (Phi) is 12.5. The lowest BCUT2D eigenvalue weighted by Crippen LogP contribution is -2.25. The molecule has 0 spiro atoms. The van der Waals surface area contributed by atoms with Crippen molar-refractivity contribution in [2.75, 3.05) is 32.0 Å². The maximum atomic E-state index is 5.87. The predicted molar refractivity (Wildman–Crippen MR) is 99.8 cm³/mol. The first kappa shape index (κ1) is 20.6. The Bertz CT molecular complexity index is 386. The fourth-order valence-electron chi connectivity index (χ4n) is 2.05. The summed E-state index contributed by atoms with van der Waals surface area (Å²) in [5.41, 5.74) is 0. The number of ether oxygens (including phenoxy) is 3. The molecule has 3 nitrogen and oxygen atoms in total. The van der Waals surface area contributed by atoms with Gasteiger partial charge in [-0.2, -0.15) is 11.8 Å². The summed E-state index contributed by atoms with van der Waals surface area (Å²) in [7, 11) is 1.64. The number of benzene rings is 1. The van der Waals surface area contributed by atoms with Crippen LogP contribution in [0.3, 0.4) is 0 Å². The summed E-state index contributed by atoms with van der Waals surface area (Å²) in [5.74, 6) is 2.91. The van der Waals surface area contributed by atoms with Crippen LogP contribution in [-0.2, 0) is 9.47 Å². The Morgan fingerprint density at radius 3 is 2.52 bits per heavy atom. The minimum Gasteiger partial charge on any atom is -0.491 e. The minimum absolute atomic E-state index is 0.0336. The van der Waals surface area contributed by atoms with Gasteiger partial charge in [0.25, 0.3) is 0 Å². The first-order valence-electron chi connectivity index (χ1n) is 8.33. The van der Waals surface area contributed by atoms with Gasteiger partial charge in [-0.25, -0.2) is 0 Å². The van der Waals surface area contributed by atoms with E-state index < -0.39 is 0 Å². The Morgan fingerprint density at radius 2 is 1.83 bits per heavy atom. The summed E-state index contributed by atoms with van der Waals surface area (Å²) in [5, 5.41) is 0.711. The standard InChI is InChI=1S/C18H29ClO3S/c1-3-4-5-6-7-12-23-14-18(22-15-20-2)13-21-17-10-8-16(19)9-11-17/h8-11,18H,3-7,12-15H2,1-2H3. The molecule has 132 valence electrons. The van der Waals surface area contributed by atoms with Crippen molar-refractivity contribution >= 4 is 23.4 Å². The highest BCUT2D eigenvalue weighted by atomic mass is 35.5. The zero-order chi connectivity index (χ0) is 16.8. The minimum atomic E-state index is 0.0336. The average molecular weight is 361 g/mol. The largest absolute Gasteiger partial charge is 0.491 e. The third-order valence-corrected chi connectivity index (χ3v) is 4.80. The molecule has 1 atom stereocenters. The Balaban J connectivity index is 2.21. The van der Waals surface area contributed by atoms with Gasteiger partial charge in [-0.15, -0.1) is 0 Å². The predicted octanol–water partition coefficient (Wildman–Crippen LogP) is 5.41. The molecule has 0 fully saturated rings. The van der Waals surface area contributed by atoms with E-state index in [-0.39, 0.29) is 6.10 Å². The number of thioether (sulfide) groups is 1. The van der Waals surface area contributed by atoms with Crippen LogP contribution in [0.4, 0.5) is 0 Å². The third-order valence-electron chi connectivity index (χ3n) is 3.37. The molecule has 0 aliphatic rings. The van der Waals surface area contributed by atoms with Crippen LogP contribution in [0, 0.1) is 0 Å². The van der Waals surface area contributed by atoms with Crippen LogP contribution in [-0.4, -0.2) is 38.1 Å². The molecule has 0 saturated carbocycles. The molecule has 1 aromatic rings. The molecule has 0 N–H and O–H groups in total. The summed E-state index contributed by atoms with van der Waals surface area (Å²) in [4.78, 5) is 0. The van der Waals surface area contributed by atoms with Crippen molar-refractivity contribution in [2.24, 2.45) is 0 Å². The van der Waals surface area contributed by atoms with Crippen molar-refractivity contribution in [3.05, 3.63) is 29.3 Å². The average Bonchev–Trinajstić information content (AvgIpc) is 2.57. The van der Waals surface area contributed by atoms with Crippen LogP contribution in [0.5, 0.6) is 5.75 Å². The molecule has 0 radical (unpaired) electrons. The van der Waals surface area contributed by atoms with Gasteiger partial charge >= 0.3 is 0 Å². The topological polar surface area (TPSA) is 27.7 Å². The number of hydrogen-bond acceptors (Lipinski definition) is 4. The van der Waals surface area contributed by atoms with E-state index in [2.05, 4.69) is 6.92 Å². The zero-order valence-electron chi connectivity index (χ0n) is 14.3. The molecular weight excluding hydrogens is 332 g/mol. The molecule has 1 rings (SSSR count). The third kappa shape index (κ3) is 10.9. The van der Waals surface area contributed by atoms with Crippen molar-refractivity contribution in [2.45, 2.75) is 45.1 Å². The van der Waals surface area contributed by atoms with Crippen LogP contribution < -0.4 is 4.74 Å². The highest BCUT2D eigenvalue weighted by molar-refractivity contribution is 7.99. The molecule has 1 aromatic carbocycles. The van der Waals surface area contributed by atoms with Gasteiger partial charge in [0.2, 0.25) is 0 Å². The van der Waals surface area contributed by atoms with Gasteiger partial charge in [-0.1, -0.05) is 44.2 Å². The molecule has 0 aromatic heterocycles. The van der Waals surface area contributed by atoms with Crippen molar-refractivity contribution in [1.29, 1.82) is 0 Å². The molecule has 0 aliphatic heterocycles. The summed E-state index contributed by atoms with van der Waals surface area (Å²) in [6, 6.07) is 7.40. The van der Waals surface area contributed by atoms with Gasteiger partial charge < -0.3 is 14.2 Å². The summed E-state index contributed by atoms with van der Waals surface area (Å²) < 4.78 is 16.5. The smallest absolute Gasteiger partial charge is 0.146 e. The van der Waals surface area contributed by atoms with E-state index in [1.807, 2.05) is 36.0 Å². The van der Waals surface area contributed by atoms with Gasteiger partial charge in [-0.05, 0) is 36.4 Å². The number of halogens is 1. The van der Waals surface area contributed by atoms with Crippen LogP contribution in [0.15, 0.2) is 24.3 Å². The monoisotopic (exact) mass is 360 g/mol. The number of unbranched alkanes of at least 4 members (excludes halogenated alkanes) is 4. The molecule has 0 heterocycles. The zero-order valence-corrected chi connectivity index (χ0v) is 15.8. The first-order chi connectivity index (χ1) is 11.3. The van der Waals surface area contributed by atoms with Crippen molar-refractivity contribution in [3.63, 3.8) is 0 Å². The van der Waals surface area contributed by atoms with Crippen molar-refractivity contribution < 1.29 is 14.2 Å². The van der Waals surface area contributed by atoms with Crippen LogP contribution in [0.25, 0.3) is 0 Å². The molecule has 0 bridgehead atoms. The Hall–Kier alpha value is -0.420. The SMILES string of the molecule is CCCCCCCSCC(COc1ccc(Cl)cc1)OCOC.